The van der Waals surface area contributed by atoms with Crippen LogP contribution in [0.1, 0.15) is 15.9 Å². The van der Waals surface area contributed by atoms with E-state index in [9.17, 15) is 9.59 Å². The molecule has 0 aromatic heterocycles. The Bertz CT molecular complexity index is 890. The molecule has 3 N–H and O–H groups in total. The number of esters is 1. The van der Waals surface area contributed by atoms with Crippen molar-refractivity contribution in [1.82, 2.24) is 5.32 Å². The number of nitrogens with one attached hydrogen (secondary N) is 1. The van der Waals surface area contributed by atoms with Crippen molar-refractivity contribution in [2.75, 3.05) is 33.3 Å². The molecule has 0 fully saturated rings. The molecule has 0 aliphatic heterocycles. The Kier molecular flexibility index (Phi) is 8.82. The molecule has 0 saturated carbocycles. The summed E-state index contributed by atoms with van der Waals surface area (Å²) in [6, 6.07) is 9.38. The zero-order valence-electron chi connectivity index (χ0n) is 17.4. The molecule has 9 heteroatoms. The van der Waals surface area contributed by atoms with Gasteiger partial charge in [0, 0.05) is 17.9 Å². The summed E-state index contributed by atoms with van der Waals surface area (Å²) >= 11 is 1.43. The van der Waals surface area contributed by atoms with Crippen LogP contribution in [0.3, 0.4) is 0 Å². The summed E-state index contributed by atoms with van der Waals surface area (Å²) in [5, 5.41) is 2.67. The second-order valence-electron chi connectivity index (χ2n) is 6.16. The Morgan fingerprint density at radius 3 is 2.20 bits per heavy atom. The molecule has 1 atom stereocenters. The molecule has 2 aromatic carbocycles. The number of carbonyl (C=O) groups excluding carboxylic acids is 2. The van der Waals surface area contributed by atoms with Gasteiger partial charge in [-0.3, -0.25) is 4.79 Å². The maximum absolute atomic E-state index is 12.6. The van der Waals surface area contributed by atoms with Crippen molar-refractivity contribution < 1.29 is 28.5 Å². The molecular formula is C21H26N2O6S. The summed E-state index contributed by atoms with van der Waals surface area (Å²) in [5.41, 5.74) is 6.89. The second kappa shape index (κ2) is 11.3. The van der Waals surface area contributed by atoms with Crippen LogP contribution < -0.4 is 25.3 Å². The minimum absolute atomic E-state index is 0.319. The van der Waals surface area contributed by atoms with Gasteiger partial charge in [-0.25, -0.2) is 4.79 Å². The Labute approximate surface area is 180 Å². The van der Waals surface area contributed by atoms with E-state index in [2.05, 4.69) is 5.32 Å². The van der Waals surface area contributed by atoms with Gasteiger partial charge < -0.3 is 30.0 Å². The van der Waals surface area contributed by atoms with Crippen molar-refractivity contribution in [1.29, 1.82) is 0 Å². The van der Waals surface area contributed by atoms with Crippen LogP contribution in [0.15, 0.2) is 36.4 Å². The molecule has 0 radical (unpaired) electrons. The van der Waals surface area contributed by atoms with Crippen LogP contribution in [0.25, 0.3) is 0 Å². The molecule has 0 spiro atoms. The molecule has 0 heterocycles. The lowest BCUT2D eigenvalue weighted by Gasteiger charge is -2.17. The Hall–Kier alpha value is -2.91. The number of benzene rings is 2. The van der Waals surface area contributed by atoms with Gasteiger partial charge >= 0.3 is 5.97 Å². The average Bonchev–Trinajstić information content (AvgIpc) is 2.78. The third-order valence-electron chi connectivity index (χ3n) is 4.23. The number of carbonyl (C=O) groups is 2. The van der Waals surface area contributed by atoms with Gasteiger partial charge in [-0.05, 0) is 42.2 Å². The molecule has 8 nitrogen and oxygen atoms in total. The van der Waals surface area contributed by atoms with E-state index in [1.165, 1.54) is 26.0 Å². The largest absolute Gasteiger partial charge is 0.493 e. The predicted molar refractivity (Wildman–Crippen MR) is 116 cm³/mol. The summed E-state index contributed by atoms with van der Waals surface area (Å²) in [6.07, 6.45) is 1.84. The van der Waals surface area contributed by atoms with Crippen molar-refractivity contribution in [3.05, 3.63) is 47.5 Å². The number of methoxy groups -OCH3 is 3. The lowest BCUT2D eigenvalue weighted by molar-refractivity contribution is -0.142. The van der Waals surface area contributed by atoms with Gasteiger partial charge in [0.05, 0.1) is 21.3 Å². The summed E-state index contributed by atoms with van der Waals surface area (Å²) in [4.78, 5) is 24.4. The topological polar surface area (TPSA) is 109 Å². The van der Waals surface area contributed by atoms with E-state index in [1.807, 2.05) is 12.3 Å². The van der Waals surface area contributed by atoms with E-state index in [0.717, 1.165) is 5.56 Å². The van der Waals surface area contributed by atoms with Crippen LogP contribution in [-0.2, 0) is 16.1 Å². The standard InChI is InChI=1S/C21H26N2O6S/c1-26-18-9-13(11-22)5-7-16(18)29-17-8-6-14(10-19(17)27-2)20(24)23-15(12-30-4)21(25)28-3/h5-10,15H,11-12,22H2,1-4H3,(H,23,24)/t15-/m0/s1. The highest BCUT2D eigenvalue weighted by Gasteiger charge is 2.22. The zero-order valence-corrected chi connectivity index (χ0v) is 18.2. The van der Waals surface area contributed by atoms with Crippen molar-refractivity contribution in [2.24, 2.45) is 5.73 Å². The quantitative estimate of drug-likeness (QED) is 0.549. The first-order chi connectivity index (χ1) is 14.5. The highest BCUT2D eigenvalue weighted by Crippen LogP contribution is 2.37. The van der Waals surface area contributed by atoms with E-state index < -0.39 is 17.9 Å². The Morgan fingerprint density at radius 2 is 1.63 bits per heavy atom. The molecule has 0 bridgehead atoms. The molecule has 0 unspecified atom stereocenters. The van der Waals surface area contributed by atoms with Crippen molar-refractivity contribution in [3.63, 3.8) is 0 Å². The first-order valence-electron chi connectivity index (χ1n) is 9.07. The normalized spacial score (nSPS) is 11.4. The van der Waals surface area contributed by atoms with E-state index in [-0.39, 0.29) is 0 Å². The number of hydrogen-bond donors (Lipinski definition) is 2. The highest BCUT2D eigenvalue weighted by atomic mass is 32.2. The fourth-order valence-electron chi connectivity index (χ4n) is 2.65. The van der Waals surface area contributed by atoms with E-state index in [4.69, 9.17) is 24.7 Å². The average molecular weight is 435 g/mol. The molecule has 0 saturated heterocycles. The van der Waals surface area contributed by atoms with Gasteiger partial charge in [-0.1, -0.05) is 6.07 Å². The summed E-state index contributed by atoms with van der Waals surface area (Å²) in [7, 11) is 4.30. The maximum Gasteiger partial charge on any atom is 0.329 e. The van der Waals surface area contributed by atoms with Gasteiger partial charge in [0.25, 0.3) is 5.91 Å². The highest BCUT2D eigenvalue weighted by molar-refractivity contribution is 7.98. The SMILES string of the molecule is COC(=O)[C@H](CSC)NC(=O)c1ccc(Oc2ccc(CN)cc2OC)c(OC)c1. The number of rotatable bonds is 10. The predicted octanol–water partition coefficient (Wildman–Crippen LogP) is 2.59. The van der Waals surface area contributed by atoms with E-state index >= 15 is 0 Å². The summed E-state index contributed by atoms with van der Waals surface area (Å²) < 4.78 is 21.4. The first-order valence-corrected chi connectivity index (χ1v) is 10.5. The minimum Gasteiger partial charge on any atom is -0.493 e. The third-order valence-corrected chi connectivity index (χ3v) is 4.90. The number of amides is 1. The number of thioether (sulfide) groups is 1. The third kappa shape index (κ3) is 5.80. The summed E-state index contributed by atoms with van der Waals surface area (Å²) in [5.74, 6) is 1.24. The molecule has 2 rings (SSSR count). The minimum atomic E-state index is -0.746. The van der Waals surface area contributed by atoms with Gasteiger partial charge in [0.15, 0.2) is 23.0 Å². The lowest BCUT2D eigenvalue weighted by Crippen LogP contribution is -2.43. The molecule has 0 aliphatic rings. The zero-order chi connectivity index (χ0) is 22.1. The fourth-order valence-corrected chi connectivity index (χ4v) is 3.21. The van der Waals surface area contributed by atoms with Gasteiger partial charge in [0.2, 0.25) is 0 Å². The molecule has 2 aromatic rings. The molecule has 30 heavy (non-hydrogen) atoms. The first kappa shape index (κ1) is 23.4. The molecule has 162 valence electrons. The number of hydrogen-bond acceptors (Lipinski definition) is 8. The Balaban J connectivity index is 2.24. The smallest absolute Gasteiger partial charge is 0.329 e. The van der Waals surface area contributed by atoms with Crippen molar-refractivity contribution in [2.45, 2.75) is 12.6 Å². The molecular weight excluding hydrogens is 408 g/mol. The van der Waals surface area contributed by atoms with Crippen LogP contribution in [-0.4, -0.2) is 51.3 Å². The van der Waals surface area contributed by atoms with Gasteiger partial charge in [0.1, 0.15) is 6.04 Å². The fraction of sp³-hybridized carbons (Fsp3) is 0.333. The van der Waals surface area contributed by atoms with Gasteiger partial charge in [-0.2, -0.15) is 11.8 Å². The second-order valence-corrected chi connectivity index (χ2v) is 7.07. The summed E-state index contributed by atoms with van der Waals surface area (Å²) in [6.45, 7) is 0.382. The molecule has 0 aliphatic carbocycles. The van der Waals surface area contributed by atoms with Crippen LogP contribution in [0.4, 0.5) is 0 Å². The van der Waals surface area contributed by atoms with Crippen LogP contribution in [0, 0.1) is 0 Å². The van der Waals surface area contributed by atoms with E-state index in [1.54, 1.807) is 37.4 Å². The van der Waals surface area contributed by atoms with Crippen molar-refractivity contribution in [3.8, 4) is 23.0 Å². The number of nitrogens with two attached hydrogens (primary N) is 1. The number of ether oxygens (including phenoxy) is 4. The van der Waals surface area contributed by atoms with Gasteiger partial charge in [-0.15, -0.1) is 0 Å². The maximum atomic E-state index is 12.6. The Morgan fingerprint density at radius 1 is 1.00 bits per heavy atom. The van der Waals surface area contributed by atoms with Crippen LogP contribution >= 0.6 is 11.8 Å². The van der Waals surface area contributed by atoms with E-state index in [0.29, 0.717) is 40.9 Å². The monoisotopic (exact) mass is 434 g/mol. The van der Waals surface area contributed by atoms with Crippen LogP contribution in [0.5, 0.6) is 23.0 Å². The lowest BCUT2D eigenvalue weighted by atomic mass is 10.1. The van der Waals surface area contributed by atoms with Crippen LogP contribution in [0.2, 0.25) is 0 Å². The van der Waals surface area contributed by atoms with Crippen molar-refractivity contribution >= 4 is 23.6 Å². The molecule has 1 amide bonds.